The molecule has 0 radical (unpaired) electrons. The van der Waals surface area contributed by atoms with Crippen molar-refractivity contribution in [2.45, 2.75) is 40.0 Å². The zero-order valence-electron chi connectivity index (χ0n) is 9.66. The number of aliphatic imine (C=N–C) groups is 1. The molecule has 1 atom stereocenters. The molecule has 0 fully saturated rings. The molecule has 0 aliphatic carbocycles. The fraction of sp³-hybridized carbons (Fsp3) is 0.667. The van der Waals surface area contributed by atoms with Crippen molar-refractivity contribution in [3.63, 3.8) is 0 Å². The van der Waals surface area contributed by atoms with Crippen LogP contribution >= 0.6 is 0 Å². The van der Waals surface area contributed by atoms with Crippen molar-refractivity contribution in [2.24, 2.45) is 16.3 Å². The normalized spacial score (nSPS) is 17.7. The van der Waals surface area contributed by atoms with Gasteiger partial charge in [0.1, 0.15) is 0 Å². The van der Waals surface area contributed by atoms with E-state index in [0.717, 1.165) is 12.1 Å². The van der Waals surface area contributed by atoms with E-state index in [1.165, 1.54) is 0 Å². The monoisotopic (exact) mass is 209 g/mol. The van der Waals surface area contributed by atoms with Gasteiger partial charge in [-0.05, 0) is 11.8 Å². The number of hydrogen-bond donors (Lipinski definition) is 1. The summed E-state index contributed by atoms with van der Waals surface area (Å²) in [5.41, 5.74) is 0.970. The van der Waals surface area contributed by atoms with Gasteiger partial charge in [-0.15, -0.1) is 0 Å². The van der Waals surface area contributed by atoms with Gasteiger partial charge >= 0.3 is 5.97 Å². The molecule has 1 aliphatic heterocycles. The maximum absolute atomic E-state index is 11.1. The van der Waals surface area contributed by atoms with Crippen LogP contribution in [0, 0.1) is 11.3 Å². The molecule has 0 saturated carbocycles. The number of rotatable bonds is 4. The summed E-state index contributed by atoms with van der Waals surface area (Å²) in [5.74, 6) is -1.03. The average Bonchev–Trinajstić information content (AvgIpc) is 2.52. The number of aliphatic carboxylic acids is 1. The van der Waals surface area contributed by atoms with Crippen LogP contribution in [-0.4, -0.2) is 17.3 Å². The highest BCUT2D eigenvalue weighted by molar-refractivity contribution is 5.71. The lowest BCUT2D eigenvalue weighted by Gasteiger charge is -2.23. The largest absolute Gasteiger partial charge is 0.481 e. The van der Waals surface area contributed by atoms with E-state index < -0.39 is 5.97 Å². The van der Waals surface area contributed by atoms with E-state index in [0.29, 0.717) is 12.8 Å². The Hall–Kier alpha value is -1.12. The predicted molar refractivity (Wildman–Crippen MR) is 61.0 cm³/mol. The van der Waals surface area contributed by atoms with E-state index in [4.69, 9.17) is 5.11 Å². The van der Waals surface area contributed by atoms with Gasteiger partial charge in [-0.3, -0.25) is 9.79 Å². The zero-order chi connectivity index (χ0) is 11.5. The highest BCUT2D eigenvalue weighted by atomic mass is 16.4. The van der Waals surface area contributed by atoms with E-state index in [1.54, 1.807) is 0 Å². The van der Waals surface area contributed by atoms with Crippen LogP contribution in [0.1, 0.15) is 40.0 Å². The molecule has 0 amide bonds. The Balaban J connectivity index is 2.58. The summed E-state index contributed by atoms with van der Waals surface area (Å²) in [5, 5.41) is 9.12. The van der Waals surface area contributed by atoms with Gasteiger partial charge in [0.2, 0.25) is 0 Å². The topological polar surface area (TPSA) is 49.7 Å². The van der Waals surface area contributed by atoms with Crippen LogP contribution < -0.4 is 0 Å². The van der Waals surface area contributed by atoms with Crippen LogP contribution in [-0.2, 0) is 4.79 Å². The van der Waals surface area contributed by atoms with Gasteiger partial charge in [0, 0.05) is 24.8 Å². The average molecular weight is 209 g/mol. The third-order valence-corrected chi connectivity index (χ3v) is 2.38. The number of hydrogen-bond acceptors (Lipinski definition) is 2. The van der Waals surface area contributed by atoms with Crippen molar-refractivity contribution >= 4 is 12.2 Å². The van der Waals surface area contributed by atoms with E-state index >= 15 is 0 Å². The Morgan fingerprint density at radius 3 is 2.67 bits per heavy atom. The summed E-state index contributed by atoms with van der Waals surface area (Å²) in [4.78, 5) is 15.2. The third-order valence-electron chi connectivity index (χ3n) is 2.38. The molecule has 3 heteroatoms. The van der Waals surface area contributed by atoms with Crippen molar-refractivity contribution in [3.05, 3.63) is 11.8 Å². The lowest BCUT2D eigenvalue weighted by Crippen LogP contribution is -2.21. The van der Waals surface area contributed by atoms with Crippen molar-refractivity contribution in [2.75, 3.05) is 0 Å². The standard InChI is InChI=1S/C12H19NO2/c1-12(2,3)8-9(11(14)15)7-10-5-4-6-13-10/h5-6,9H,4,7-8H2,1-3H3,(H,14,15). The molecule has 0 saturated heterocycles. The van der Waals surface area contributed by atoms with E-state index in [9.17, 15) is 4.79 Å². The van der Waals surface area contributed by atoms with Gasteiger partial charge in [0.05, 0.1) is 5.92 Å². The number of allylic oxidation sites excluding steroid dienone is 2. The van der Waals surface area contributed by atoms with Gasteiger partial charge in [0.15, 0.2) is 0 Å². The highest BCUT2D eigenvalue weighted by Gasteiger charge is 2.25. The smallest absolute Gasteiger partial charge is 0.306 e. The maximum Gasteiger partial charge on any atom is 0.306 e. The second-order valence-corrected chi connectivity index (χ2v) is 5.25. The Morgan fingerprint density at radius 2 is 2.27 bits per heavy atom. The molecule has 0 aromatic heterocycles. The van der Waals surface area contributed by atoms with E-state index in [-0.39, 0.29) is 11.3 Å². The first-order valence-electron chi connectivity index (χ1n) is 5.33. The molecule has 1 heterocycles. The fourth-order valence-electron chi connectivity index (χ4n) is 1.79. The SMILES string of the molecule is CC(C)(C)CC(CC1=CCC=N1)C(=O)O. The Morgan fingerprint density at radius 1 is 1.60 bits per heavy atom. The van der Waals surface area contributed by atoms with Crippen molar-refractivity contribution < 1.29 is 9.90 Å². The first-order valence-corrected chi connectivity index (χ1v) is 5.33. The van der Waals surface area contributed by atoms with Crippen LogP contribution in [0.2, 0.25) is 0 Å². The molecular weight excluding hydrogens is 190 g/mol. The van der Waals surface area contributed by atoms with Crippen LogP contribution in [0.15, 0.2) is 16.8 Å². The fourth-order valence-corrected chi connectivity index (χ4v) is 1.79. The number of nitrogens with zero attached hydrogens (tertiary/aromatic N) is 1. The number of carboxylic acids is 1. The van der Waals surface area contributed by atoms with Crippen LogP contribution in [0.3, 0.4) is 0 Å². The van der Waals surface area contributed by atoms with Gasteiger partial charge in [-0.1, -0.05) is 26.8 Å². The van der Waals surface area contributed by atoms with Crippen molar-refractivity contribution in [1.29, 1.82) is 0 Å². The maximum atomic E-state index is 11.1. The van der Waals surface area contributed by atoms with Crippen LogP contribution in [0.5, 0.6) is 0 Å². The Bertz CT molecular complexity index is 297. The first-order chi connectivity index (χ1) is 6.88. The second-order valence-electron chi connectivity index (χ2n) is 5.25. The molecule has 84 valence electrons. The number of carboxylic acid groups (broad SMARTS) is 1. The molecule has 3 nitrogen and oxygen atoms in total. The lowest BCUT2D eigenvalue weighted by atomic mass is 9.83. The van der Waals surface area contributed by atoms with Gasteiger partial charge in [-0.25, -0.2) is 0 Å². The van der Waals surface area contributed by atoms with Gasteiger partial charge in [-0.2, -0.15) is 0 Å². The summed E-state index contributed by atoms with van der Waals surface area (Å²) in [6.45, 7) is 6.19. The summed E-state index contributed by atoms with van der Waals surface area (Å²) in [6, 6.07) is 0. The molecule has 1 rings (SSSR count). The lowest BCUT2D eigenvalue weighted by molar-refractivity contribution is -0.142. The second kappa shape index (κ2) is 4.60. The van der Waals surface area contributed by atoms with Crippen molar-refractivity contribution in [1.82, 2.24) is 0 Å². The molecule has 0 spiro atoms. The minimum Gasteiger partial charge on any atom is -0.481 e. The third kappa shape index (κ3) is 4.28. The Kier molecular flexibility index (Phi) is 3.66. The molecule has 15 heavy (non-hydrogen) atoms. The Labute approximate surface area is 90.9 Å². The molecule has 0 aromatic carbocycles. The summed E-state index contributed by atoms with van der Waals surface area (Å²) in [7, 11) is 0. The molecule has 0 aromatic rings. The van der Waals surface area contributed by atoms with Gasteiger partial charge < -0.3 is 5.11 Å². The summed E-state index contributed by atoms with van der Waals surface area (Å²) < 4.78 is 0. The predicted octanol–water partition coefficient (Wildman–Crippen LogP) is 2.87. The van der Waals surface area contributed by atoms with Crippen molar-refractivity contribution in [3.8, 4) is 0 Å². The summed E-state index contributed by atoms with van der Waals surface area (Å²) in [6.07, 6.45) is 5.92. The van der Waals surface area contributed by atoms with Crippen LogP contribution in [0.4, 0.5) is 0 Å². The molecule has 1 aliphatic rings. The molecular formula is C12H19NO2. The minimum atomic E-state index is -0.715. The van der Waals surface area contributed by atoms with E-state index in [2.05, 4.69) is 25.8 Å². The molecule has 1 unspecified atom stereocenters. The molecule has 1 N–H and O–H groups in total. The quantitative estimate of drug-likeness (QED) is 0.774. The minimum absolute atomic E-state index is 0.0476. The van der Waals surface area contributed by atoms with Gasteiger partial charge in [0.25, 0.3) is 0 Å². The first kappa shape index (κ1) is 12.0. The van der Waals surface area contributed by atoms with E-state index in [1.807, 2.05) is 12.3 Å². The zero-order valence-corrected chi connectivity index (χ0v) is 9.66. The molecule has 0 bridgehead atoms. The number of carbonyl (C=O) groups is 1. The van der Waals surface area contributed by atoms with Crippen LogP contribution in [0.25, 0.3) is 0 Å². The summed E-state index contributed by atoms with van der Waals surface area (Å²) >= 11 is 0. The highest BCUT2D eigenvalue weighted by Crippen LogP contribution is 2.29.